The fourth-order valence-electron chi connectivity index (χ4n) is 3.05. The van der Waals surface area contributed by atoms with Gasteiger partial charge in [0.2, 0.25) is 11.8 Å². The van der Waals surface area contributed by atoms with Gasteiger partial charge in [0.05, 0.1) is 18.9 Å². The number of nitrogens with one attached hydrogen (secondary N) is 3. The Bertz CT molecular complexity index is 654. The third kappa shape index (κ3) is 4.98. The molecule has 25 heavy (non-hydrogen) atoms. The number of carbonyl (C=O) groups excluding carboxylic acids is 2. The van der Waals surface area contributed by atoms with E-state index in [0.717, 1.165) is 29.0 Å². The molecule has 134 valence electrons. The minimum atomic E-state index is -1.54. The van der Waals surface area contributed by atoms with E-state index in [1.807, 2.05) is 18.2 Å². The molecule has 3 rings (SSSR count). The van der Waals surface area contributed by atoms with Crippen LogP contribution in [0, 0.1) is 5.92 Å². The molecule has 0 saturated heterocycles. The molecule has 5 N–H and O–H groups in total. The van der Waals surface area contributed by atoms with Crippen LogP contribution in [0.25, 0.3) is 0 Å². The van der Waals surface area contributed by atoms with E-state index >= 15 is 0 Å². The largest absolute Gasteiger partial charge is 0.475 e. The lowest BCUT2D eigenvalue weighted by Crippen LogP contribution is -2.49. The van der Waals surface area contributed by atoms with Crippen molar-refractivity contribution in [1.29, 1.82) is 0 Å². The molecule has 0 spiro atoms. The highest BCUT2D eigenvalue weighted by atomic mass is 32.2. The summed E-state index contributed by atoms with van der Waals surface area (Å²) in [5, 5.41) is 24.3. The van der Waals surface area contributed by atoms with Crippen molar-refractivity contribution < 1.29 is 19.6 Å². The van der Waals surface area contributed by atoms with Crippen molar-refractivity contribution in [2.75, 3.05) is 11.9 Å². The van der Waals surface area contributed by atoms with Crippen molar-refractivity contribution in [1.82, 2.24) is 10.0 Å². The minimum Gasteiger partial charge on any atom is -0.426 e. The summed E-state index contributed by atoms with van der Waals surface area (Å²) >= 11 is 1.31. The fraction of sp³-hybridized carbons (Fsp3) is 0.500. The summed E-state index contributed by atoms with van der Waals surface area (Å²) in [6.45, 7) is 0.0623. The number of amides is 2. The summed E-state index contributed by atoms with van der Waals surface area (Å²) in [6, 6.07) is 5.64. The van der Waals surface area contributed by atoms with E-state index < -0.39 is 13.1 Å². The van der Waals surface area contributed by atoms with Gasteiger partial charge in [-0.25, -0.2) is 0 Å². The van der Waals surface area contributed by atoms with Crippen LogP contribution >= 0.6 is 11.9 Å². The number of hydrogen-bond acceptors (Lipinski definition) is 6. The van der Waals surface area contributed by atoms with Crippen LogP contribution in [0.5, 0.6) is 0 Å². The van der Waals surface area contributed by atoms with E-state index in [9.17, 15) is 19.6 Å². The SMILES string of the molecule is O=C1Cc2cc(SNCC(=O)NC(CC3CCC3)B(O)O)ccc2N1. The second-order valence-electron chi connectivity index (χ2n) is 6.59. The Kier molecular flexibility index (Phi) is 6.00. The number of fused-ring (bicyclic) bond motifs is 1. The Morgan fingerprint density at radius 1 is 1.40 bits per heavy atom. The molecule has 1 saturated carbocycles. The van der Waals surface area contributed by atoms with E-state index in [1.54, 1.807) is 0 Å². The molecule has 1 fully saturated rings. The first-order valence-electron chi connectivity index (χ1n) is 8.49. The summed E-state index contributed by atoms with van der Waals surface area (Å²) in [5.74, 6) is -0.439. The number of rotatable bonds is 8. The first-order chi connectivity index (χ1) is 12.0. The molecule has 1 atom stereocenters. The summed E-state index contributed by atoms with van der Waals surface area (Å²) in [4.78, 5) is 24.3. The Balaban J connectivity index is 1.42. The van der Waals surface area contributed by atoms with Crippen LogP contribution in [0.15, 0.2) is 23.1 Å². The summed E-state index contributed by atoms with van der Waals surface area (Å²) in [6.07, 6.45) is 4.32. The molecule has 1 aliphatic carbocycles. The van der Waals surface area contributed by atoms with E-state index in [1.165, 1.54) is 18.4 Å². The number of carbonyl (C=O) groups is 2. The van der Waals surface area contributed by atoms with Gasteiger partial charge in [-0.2, -0.15) is 0 Å². The van der Waals surface area contributed by atoms with Gasteiger partial charge in [0, 0.05) is 10.6 Å². The van der Waals surface area contributed by atoms with Gasteiger partial charge in [-0.05, 0) is 48.0 Å². The van der Waals surface area contributed by atoms with E-state index in [4.69, 9.17) is 0 Å². The average Bonchev–Trinajstić information content (AvgIpc) is 2.88. The first-order valence-corrected chi connectivity index (χ1v) is 9.31. The summed E-state index contributed by atoms with van der Waals surface area (Å²) in [7, 11) is -1.54. The lowest BCUT2D eigenvalue weighted by Gasteiger charge is -2.29. The molecule has 2 amide bonds. The molecule has 1 heterocycles. The van der Waals surface area contributed by atoms with Crippen LogP contribution in [-0.4, -0.2) is 41.5 Å². The van der Waals surface area contributed by atoms with Gasteiger partial charge in [-0.3, -0.25) is 14.3 Å². The zero-order valence-corrected chi connectivity index (χ0v) is 14.6. The fourth-order valence-corrected chi connectivity index (χ4v) is 3.76. The predicted octanol–water partition coefficient (Wildman–Crippen LogP) is 0.465. The van der Waals surface area contributed by atoms with E-state index in [2.05, 4.69) is 15.4 Å². The zero-order valence-electron chi connectivity index (χ0n) is 13.8. The molecule has 0 radical (unpaired) electrons. The number of anilines is 1. The molecule has 1 unspecified atom stereocenters. The highest BCUT2D eigenvalue weighted by Crippen LogP contribution is 2.30. The van der Waals surface area contributed by atoms with E-state index in [-0.39, 0.29) is 18.4 Å². The van der Waals surface area contributed by atoms with Gasteiger partial charge in [-0.15, -0.1) is 0 Å². The third-order valence-corrected chi connectivity index (χ3v) is 5.42. The van der Waals surface area contributed by atoms with Gasteiger partial charge in [0.15, 0.2) is 0 Å². The molecule has 0 bridgehead atoms. The van der Waals surface area contributed by atoms with Gasteiger partial charge in [0.25, 0.3) is 0 Å². The lowest BCUT2D eigenvalue weighted by atomic mass is 9.70. The van der Waals surface area contributed by atoms with Crippen LogP contribution in [0.4, 0.5) is 5.69 Å². The Hall–Kier alpha value is -1.55. The third-order valence-electron chi connectivity index (χ3n) is 4.64. The molecule has 1 aromatic rings. The smallest absolute Gasteiger partial charge is 0.426 e. The Morgan fingerprint density at radius 3 is 2.88 bits per heavy atom. The van der Waals surface area contributed by atoms with Crippen LogP contribution in [0.2, 0.25) is 0 Å². The first kappa shape index (κ1) is 18.3. The van der Waals surface area contributed by atoms with E-state index in [0.29, 0.717) is 18.8 Å². The quantitative estimate of drug-likeness (QED) is 0.339. The summed E-state index contributed by atoms with van der Waals surface area (Å²) in [5.41, 5.74) is 1.79. The number of hydrogen-bond donors (Lipinski definition) is 5. The lowest BCUT2D eigenvalue weighted by molar-refractivity contribution is -0.120. The van der Waals surface area contributed by atoms with Gasteiger partial charge >= 0.3 is 7.12 Å². The van der Waals surface area contributed by atoms with Crippen molar-refractivity contribution in [3.63, 3.8) is 0 Å². The van der Waals surface area contributed by atoms with Crippen LogP contribution < -0.4 is 15.4 Å². The molecule has 2 aliphatic rings. The molecule has 1 aromatic carbocycles. The maximum atomic E-state index is 12.0. The van der Waals surface area contributed by atoms with Crippen LogP contribution in [0.1, 0.15) is 31.2 Å². The number of benzene rings is 1. The Labute approximate surface area is 151 Å². The predicted molar refractivity (Wildman–Crippen MR) is 96.7 cm³/mol. The van der Waals surface area contributed by atoms with Crippen LogP contribution in [0.3, 0.4) is 0 Å². The van der Waals surface area contributed by atoms with Gasteiger partial charge < -0.3 is 20.7 Å². The topological polar surface area (TPSA) is 111 Å². The zero-order chi connectivity index (χ0) is 17.8. The average molecular weight is 363 g/mol. The Morgan fingerprint density at radius 2 is 2.20 bits per heavy atom. The van der Waals surface area contributed by atoms with Crippen LogP contribution in [-0.2, 0) is 16.0 Å². The normalized spacial score (nSPS) is 17.4. The van der Waals surface area contributed by atoms with Crippen molar-refractivity contribution in [2.45, 2.75) is 42.9 Å². The van der Waals surface area contributed by atoms with Gasteiger partial charge in [0.1, 0.15) is 0 Å². The highest BCUT2D eigenvalue weighted by Gasteiger charge is 2.30. The molecule has 1 aliphatic heterocycles. The molecule has 7 nitrogen and oxygen atoms in total. The second kappa shape index (κ2) is 8.22. The van der Waals surface area contributed by atoms with Crippen molar-refractivity contribution in [2.24, 2.45) is 5.92 Å². The standard InChI is InChI=1S/C16H22BN3O4S/c21-15-8-11-7-12(4-5-13(11)19-15)25-18-9-16(22)20-14(17(23)24)6-10-2-1-3-10/h4-5,7,10,14,18,23-24H,1-3,6,8-9H2,(H,19,21)(H,20,22). The molecule has 9 heteroatoms. The van der Waals surface area contributed by atoms with Gasteiger partial charge in [-0.1, -0.05) is 19.3 Å². The van der Waals surface area contributed by atoms with Crippen molar-refractivity contribution in [3.8, 4) is 0 Å². The minimum absolute atomic E-state index is 0.00967. The molecule has 0 aromatic heterocycles. The monoisotopic (exact) mass is 363 g/mol. The molecular formula is C16H22BN3O4S. The maximum absolute atomic E-state index is 12.0. The maximum Gasteiger partial charge on any atom is 0.475 e. The van der Waals surface area contributed by atoms with Crippen molar-refractivity contribution >= 4 is 36.6 Å². The second-order valence-corrected chi connectivity index (χ2v) is 7.55. The molecular weight excluding hydrogens is 341 g/mol. The van der Waals surface area contributed by atoms with Crippen molar-refractivity contribution in [3.05, 3.63) is 23.8 Å². The highest BCUT2D eigenvalue weighted by molar-refractivity contribution is 7.97. The summed E-state index contributed by atoms with van der Waals surface area (Å²) < 4.78 is 2.97.